The Balaban J connectivity index is 3.31. The van der Waals surface area contributed by atoms with E-state index in [1.807, 2.05) is 0 Å². The van der Waals surface area contributed by atoms with Crippen molar-refractivity contribution in [1.29, 1.82) is 0 Å². The van der Waals surface area contributed by atoms with Gasteiger partial charge in [0.25, 0.3) is 5.91 Å². The first-order chi connectivity index (χ1) is 6.06. The van der Waals surface area contributed by atoms with Crippen molar-refractivity contribution in [1.82, 2.24) is 0 Å². The van der Waals surface area contributed by atoms with Gasteiger partial charge in [-0.2, -0.15) is 0 Å². The molecule has 2 N–H and O–H groups in total. The number of hydrogen-bond acceptors (Lipinski definition) is 2. The van der Waals surface area contributed by atoms with Gasteiger partial charge in [0, 0.05) is 6.07 Å². The molecule has 13 heavy (non-hydrogen) atoms. The van der Waals surface area contributed by atoms with Gasteiger partial charge in [-0.15, -0.1) is 0 Å². The molecule has 0 aliphatic heterocycles. The van der Waals surface area contributed by atoms with Crippen LogP contribution in [0, 0.1) is 5.82 Å². The van der Waals surface area contributed by atoms with Crippen LogP contribution in [-0.4, -0.2) is 13.0 Å². The molecule has 1 amide bonds. The lowest BCUT2D eigenvalue weighted by molar-refractivity contribution is 0.0996. The Morgan fingerprint density at radius 1 is 1.62 bits per heavy atom. The number of primary amides is 1. The maximum atomic E-state index is 13.1. The lowest BCUT2D eigenvalue weighted by atomic mass is 10.2. The minimum Gasteiger partial charge on any atom is -0.497 e. The van der Waals surface area contributed by atoms with Crippen molar-refractivity contribution in [2.24, 2.45) is 5.73 Å². The summed E-state index contributed by atoms with van der Waals surface area (Å²) in [5, 5.41) is -0.0515. The van der Waals surface area contributed by atoms with Crippen molar-refractivity contribution in [3.63, 3.8) is 0 Å². The van der Waals surface area contributed by atoms with Crippen molar-refractivity contribution in [2.75, 3.05) is 7.11 Å². The second kappa shape index (κ2) is 3.62. The third-order valence-electron chi connectivity index (χ3n) is 1.50. The van der Waals surface area contributed by atoms with E-state index in [2.05, 4.69) is 0 Å². The molecular weight excluding hydrogens is 197 g/mol. The van der Waals surface area contributed by atoms with Gasteiger partial charge in [-0.25, -0.2) is 4.39 Å². The van der Waals surface area contributed by atoms with Crippen LogP contribution >= 0.6 is 11.6 Å². The van der Waals surface area contributed by atoms with Gasteiger partial charge in [0.2, 0.25) is 0 Å². The van der Waals surface area contributed by atoms with Gasteiger partial charge in [-0.3, -0.25) is 4.79 Å². The van der Waals surface area contributed by atoms with Gasteiger partial charge in [-0.1, -0.05) is 11.6 Å². The molecule has 0 saturated heterocycles. The summed E-state index contributed by atoms with van der Waals surface area (Å²) in [4.78, 5) is 10.7. The number of ether oxygens (including phenoxy) is 1. The number of amides is 1. The molecule has 1 aromatic carbocycles. The quantitative estimate of drug-likeness (QED) is 0.794. The number of rotatable bonds is 2. The summed E-state index contributed by atoms with van der Waals surface area (Å²) in [6.45, 7) is 0. The highest BCUT2D eigenvalue weighted by Crippen LogP contribution is 2.25. The molecule has 0 unspecified atom stereocenters. The van der Waals surface area contributed by atoms with Gasteiger partial charge >= 0.3 is 0 Å². The third-order valence-corrected chi connectivity index (χ3v) is 1.80. The van der Waals surface area contributed by atoms with E-state index < -0.39 is 11.7 Å². The van der Waals surface area contributed by atoms with Gasteiger partial charge in [-0.05, 0) is 6.07 Å². The van der Waals surface area contributed by atoms with Crippen LogP contribution in [0.4, 0.5) is 4.39 Å². The molecule has 1 aromatic rings. The van der Waals surface area contributed by atoms with Crippen LogP contribution in [0.1, 0.15) is 10.4 Å². The molecule has 0 aliphatic rings. The van der Waals surface area contributed by atoms with Gasteiger partial charge in [0.15, 0.2) is 0 Å². The summed E-state index contributed by atoms with van der Waals surface area (Å²) in [6.07, 6.45) is 0. The van der Waals surface area contributed by atoms with E-state index in [4.69, 9.17) is 22.1 Å². The van der Waals surface area contributed by atoms with E-state index in [1.54, 1.807) is 0 Å². The highest BCUT2D eigenvalue weighted by Gasteiger charge is 2.14. The fourth-order valence-electron chi connectivity index (χ4n) is 0.903. The minimum atomic E-state index is -0.898. The van der Waals surface area contributed by atoms with Gasteiger partial charge in [0.1, 0.15) is 11.6 Å². The predicted molar refractivity (Wildman–Crippen MR) is 46.5 cm³/mol. The van der Waals surface area contributed by atoms with Crippen LogP contribution in [0.5, 0.6) is 5.75 Å². The Morgan fingerprint density at radius 2 is 2.23 bits per heavy atom. The van der Waals surface area contributed by atoms with Crippen LogP contribution in [0.25, 0.3) is 0 Å². The normalized spacial score (nSPS) is 9.77. The monoisotopic (exact) mass is 203 g/mol. The lowest BCUT2D eigenvalue weighted by Gasteiger charge is -2.04. The SMILES string of the molecule is COc1cc(F)c(C(N)=O)c(Cl)c1. The first-order valence-electron chi connectivity index (χ1n) is 3.39. The van der Waals surface area contributed by atoms with E-state index in [1.165, 1.54) is 13.2 Å². The molecule has 0 aromatic heterocycles. The molecule has 0 saturated carbocycles. The molecule has 0 aliphatic carbocycles. The molecule has 0 atom stereocenters. The minimum absolute atomic E-state index is 0.0515. The Labute approximate surface area is 79.2 Å². The van der Waals surface area contributed by atoms with Gasteiger partial charge in [0.05, 0.1) is 17.7 Å². The van der Waals surface area contributed by atoms with E-state index >= 15 is 0 Å². The number of hydrogen-bond donors (Lipinski definition) is 1. The Kier molecular flexibility index (Phi) is 2.72. The summed E-state index contributed by atoms with van der Waals surface area (Å²) in [7, 11) is 1.37. The first-order valence-corrected chi connectivity index (χ1v) is 3.77. The Morgan fingerprint density at radius 3 is 2.62 bits per heavy atom. The highest BCUT2D eigenvalue weighted by molar-refractivity contribution is 6.34. The van der Waals surface area contributed by atoms with Crippen LogP contribution in [0.3, 0.4) is 0 Å². The third kappa shape index (κ3) is 1.89. The van der Waals surface area contributed by atoms with Gasteiger partial charge < -0.3 is 10.5 Å². The highest BCUT2D eigenvalue weighted by atomic mass is 35.5. The molecule has 3 nitrogen and oxygen atoms in total. The largest absolute Gasteiger partial charge is 0.497 e. The molecular formula is C8H7ClFNO2. The maximum Gasteiger partial charge on any atom is 0.253 e. The number of methoxy groups -OCH3 is 1. The summed E-state index contributed by atoms with van der Waals surface area (Å²) >= 11 is 5.59. The molecule has 0 radical (unpaired) electrons. The maximum absolute atomic E-state index is 13.1. The second-order valence-corrected chi connectivity index (χ2v) is 2.74. The van der Waals surface area contributed by atoms with Crippen LogP contribution < -0.4 is 10.5 Å². The number of halogens is 2. The first kappa shape index (κ1) is 9.80. The Bertz CT molecular complexity index is 331. The standard InChI is InChI=1S/C8H7ClFNO2/c1-13-4-2-5(9)7(8(11)12)6(10)3-4/h2-3H,1H3,(H2,11,12). The summed E-state index contributed by atoms with van der Waals surface area (Å²) in [5.41, 5.74) is 4.59. The van der Waals surface area contributed by atoms with Crippen LogP contribution in [-0.2, 0) is 0 Å². The Hall–Kier alpha value is -1.29. The summed E-state index contributed by atoms with van der Waals surface area (Å²) in [6, 6.07) is 2.37. The fraction of sp³-hybridized carbons (Fsp3) is 0.125. The predicted octanol–water partition coefficient (Wildman–Crippen LogP) is 1.59. The smallest absolute Gasteiger partial charge is 0.253 e. The summed E-state index contributed by atoms with van der Waals surface area (Å²) in [5.74, 6) is -1.44. The topological polar surface area (TPSA) is 52.3 Å². The van der Waals surface area contributed by atoms with E-state index in [0.29, 0.717) is 0 Å². The van der Waals surface area contributed by atoms with E-state index in [-0.39, 0.29) is 16.3 Å². The molecule has 5 heteroatoms. The van der Waals surface area contributed by atoms with E-state index in [9.17, 15) is 9.18 Å². The molecule has 1 rings (SSSR count). The number of carbonyl (C=O) groups excluding carboxylic acids is 1. The molecule has 0 bridgehead atoms. The van der Waals surface area contributed by atoms with Crippen LogP contribution in [0.2, 0.25) is 5.02 Å². The zero-order valence-electron chi connectivity index (χ0n) is 6.80. The lowest BCUT2D eigenvalue weighted by Crippen LogP contribution is -2.13. The summed E-state index contributed by atoms with van der Waals surface area (Å²) < 4.78 is 17.8. The number of carbonyl (C=O) groups is 1. The van der Waals surface area contributed by atoms with Crippen molar-refractivity contribution in [3.8, 4) is 5.75 Å². The average Bonchev–Trinajstić information content (AvgIpc) is 2.02. The van der Waals surface area contributed by atoms with E-state index in [0.717, 1.165) is 6.07 Å². The molecule has 70 valence electrons. The zero-order chi connectivity index (χ0) is 10.0. The van der Waals surface area contributed by atoms with Crippen molar-refractivity contribution in [2.45, 2.75) is 0 Å². The fourth-order valence-corrected chi connectivity index (χ4v) is 1.19. The molecule has 0 fully saturated rings. The second-order valence-electron chi connectivity index (χ2n) is 2.33. The number of benzene rings is 1. The molecule has 0 spiro atoms. The molecule has 0 heterocycles. The van der Waals surface area contributed by atoms with Crippen LogP contribution in [0.15, 0.2) is 12.1 Å². The number of nitrogens with two attached hydrogens (primary N) is 1. The van der Waals surface area contributed by atoms with Crippen molar-refractivity contribution in [3.05, 3.63) is 28.5 Å². The van der Waals surface area contributed by atoms with Crippen molar-refractivity contribution < 1.29 is 13.9 Å². The average molecular weight is 204 g/mol. The zero-order valence-corrected chi connectivity index (χ0v) is 7.56. The van der Waals surface area contributed by atoms with Crippen molar-refractivity contribution >= 4 is 17.5 Å².